The van der Waals surface area contributed by atoms with Crippen molar-refractivity contribution in [1.82, 2.24) is 10.4 Å². The first-order valence-corrected chi connectivity index (χ1v) is 6.06. The average molecular weight is 284 g/mol. The summed E-state index contributed by atoms with van der Waals surface area (Å²) in [5.41, 5.74) is 3.45. The van der Waals surface area contributed by atoms with Gasteiger partial charge in [0.2, 0.25) is 0 Å². The van der Waals surface area contributed by atoms with E-state index in [1.807, 2.05) is 0 Å². The van der Waals surface area contributed by atoms with Crippen molar-refractivity contribution in [3.05, 3.63) is 69.5 Å². The number of benzene rings is 1. The van der Waals surface area contributed by atoms with Crippen LogP contribution in [0.4, 0.5) is 5.69 Å². The standard InChI is InChI=1S/C14H12N4O3/c1-10-4-5-13(18(20)21)12(7-10)14(19)17-16-9-11-3-2-6-15-8-11/h2-9H,1H3,(H,17,19)/b16-9+. The molecule has 0 radical (unpaired) electrons. The van der Waals surface area contributed by atoms with E-state index in [0.29, 0.717) is 5.56 Å². The number of nitro groups is 1. The monoisotopic (exact) mass is 284 g/mol. The van der Waals surface area contributed by atoms with Gasteiger partial charge in [0, 0.05) is 24.0 Å². The SMILES string of the molecule is Cc1ccc([N+](=O)[O-])c(C(=O)N/N=C/c2cccnc2)c1. The number of nitrogens with zero attached hydrogens (tertiary/aromatic N) is 3. The van der Waals surface area contributed by atoms with Gasteiger partial charge in [0.1, 0.15) is 5.56 Å². The summed E-state index contributed by atoms with van der Waals surface area (Å²) < 4.78 is 0. The van der Waals surface area contributed by atoms with Crippen LogP contribution < -0.4 is 5.43 Å². The van der Waals surface area contributed by atoms with Crippen LogP contribution in [0.15, 0.2) is 47.8 Å². The van der Waals surface area contributed by atoms with E-state index in [-0.39, 0.29) is 11.3 Å². The van der Waals surface area contributed by atoms with E-state index in [9.17, 15) is 14.9 Å². The lowest BCUT2D eigenvalue weighted by atomic mass is 10.1. The van der Waals surface area contributed by atoms with Gasteiger partial charge in [0.25, 0.3) is 11.6 Å². The van der Waals surface area contributed by atoms with Gasteiger partial charge in [0.15, 0.2) is 0 Å². The molecule has 0 aliphatic carbocycles. The molecule has 1 aromatic heterocycles. The molecule has 106 valence electrons. The van der Waals surface area contributed by atoms with Gasteiger partial charge in [-0.15, -0.1) is 0 Å². The molecule has 0 saturated heterocycles. The van der Waals surface area contributed by atoms with Gasteiger partial charge in [-0.05, 0) is 24.6 Å². The van der Waals surface area contributed by atoms with Gasteiger partial charge in [-0.2, -0.15) is 5.10 Å². The fraction of sp³-hybridized carbons (Fsp3) is 0.0714. The Bertz CT molecular complexity index is 699. The van der Waals surface area contributed by atoms with E-state index in [2.05, 4.69) is 15.5 Å². The molecule has 0 fully saturated rings. The van der Waals surface area contributed by atoms with E-state index in [4.69, 9.17) is 0 Å². The number of aromatic nitrogens is 1. The van der Waals surface area contributed by atoms with Crippen LogP contribution >= 0.6 is 0 Å². The van der Waals surface area contributed by atoms with E-state index in [1.54, 1.807) is 37.5 Å². The summed E-state index contributed by atoms with van der Waals surface area (Å²) in [6.45, 7) is 1.75. The van der Waals surface area contributed by atoms with Gasteiger partial charge < -0.3 is 0 Å². The van der Waals surface area contributed by atoms with Gasteiger partial charge in [-0.3, -0.25) is 19.9 Å². The molecule has 1 heterocycles. The lowest BCUT2D eigenvalue weighted by Gasteiger charge is -2.02. The zero-order valence-electron chi connectivity index (χ0n) is 11.2. The molecule has 1 aromatic carbocycles. The molecule has 7 nitrogen and oxygen atoms in total. The Morgan fingerprint density at radius 2 is 2.24 bits per heavy atom. The number of hydrogen-bond donors (Lipinski definition) is 1. The number of hydrazone groups is 1. The average Bonchev–Trinajstić information content (AvgIpc) is 2.47. The van der Waals surface area contributed by atoms with Crippen LogP contribution in [0.5, 0.6) is 0 Å². The van der Waals surface area contributed by atoms with Crippen molar-refractivity contribution in [3.8, 4) is 0 Å². The number of nitro benzene ring substituents is 1. The maximum atomic E-state index is 12.0. The summed E-state index contributed by atoms with van der Waals surface area (Å²) >= 11 is 0. The zero-order chi connectivity index (χ0) is 15.2. The first-order chi connectivity index (χ1) is 10.1. The molecule has 1 N–H and O–H groups in total. The number of amides is 1. The maximum Gasteiger partial charge on any atom is 0.282 e. The first kappa shape index (κ1) is 14.3. The predicted molar refractivity (Wildman–Crippen MR) is 77.1 cm³/mol. The summed E-state index contributed by atoms with van der Waals surface area (Å²) in [4.78, 5) is 26.2. The minimum absolute atomic E-state index is 0.0247. The van der Waals surface area contributed by atoms with Crippen LogP contribution in [-0.4, -0.2) is 22.0 Å². The molecule has 1 amide bonds. The van der Waals surface area contributed by atoms with E-state index < -0.39 is 10.8 Å². The van der Waals surface area contributed by atoms with Gasteiger partial charge in [0.05, 0.1) is 11.1 Å². The van der Waals surface area contributed by atoms with Crippen molar-refractivity contribution in [1.29, 1.82) is 0 Å². The Hall–Kier alpha value is -3.09. The second kappa shape index (κ2) is 6.38. The molecule has 0 aliphatic heterocycles. The van der Waals surface area contributed by atoms with Gasteiger partial charge in [-0.25, -0.2) is 5.43 Å². The van der Waals surface area contributed by atoms with Gasteiger partial charge in [-0.1, -0.05) is 12.1 Å². The molecule has 0 unspecified atom stereocenters. The Morgan fingerprint density at radius 1 is 1.43 bits per heavy atom. The largest absolute Gasteiger partial charge is 0.282 e. The maximum absolute atomic E-state index is 12.0. The van der Waals surface area contributed by atoms with Crippen LogP contribution in [0, 0.1) is 17.0 Å². The minimum atomic E-state index is -0.634. The third-order valence-electron chi connectivity index (χ3n) is 2.66. The third kappa shape index (κ3) is 3.69. The van der Waals surface area contributed by atoms with Crippen LogP contribution in [0.25, 0.3) is 0 Å². The number of pyridine rings is 1. The molecule has 2 rings (SSSR count). The van der Waals surface area contributed by atoms with Crippen LogP contribution in [0.2, 0.25) is 0 Å². The number of aryl methyl sites for hydroxylation is 1. The van der Waals surface area contributed by atoms with Crippen LogP contribution in [0.1, 0.15) is 21.5 Å². The summed E-state index contributed by atoms with van der Waals surface area (Å²) in [6, 6.07) is 7.82. The summed E-state index contributed by atoms with van der Waals surface area (Å²) in [5.74, 6) is -0.634. The topological polar surface area (TPSA) is 97.5 Å². The van der Waals surface area contributed by atoms with Crippen molar-refractivity contribution >= 4 is 17.8 Å². The Labute approximate surface area is 120 Å². The Balaban J connectivity index is 2.15. The number of rotatable bonds is 4. The minimum Gasteiger partial charge on any atom is -0.267 e. The van der Waals surface area contributed by atoms with Crippen molar-refractivity contribution in [3.63, 3.8) is 0 Å². The molecule has 0 bridgehead atoms. The normalized spacial score (nSPS) is 10.5. The van der Waals surface area contributed by atoms with Crippen molar-refractivity contribution in [2.24, 2.45) is 5.10 Å². The van der Waals surface area contributed by atoms with E-state index in [0.717, 1.165) is 5.56 Å². The molecule has 0 atom stereocenters. The third-order valence-corrected chi connectivity index (χ3v) is 2.66. The van der Waals surface area contributed by atoms with E-state index in [1.165, 1.54) is 18.3 Å². The number of hydrogen-bond acceptors (Lipinski definition) is 5. The molecule has 21 heavy (non-hydrogen) atoms. The molecular formula is C14H12N4O3. The van der Waals surface area contributed by atoms with Gasteiger partial charge >= 0.3 is 0 Å². The first-order valence-electron chi connectivity index (χ1n) is 6.06. The second-order valence-electron chi connectivity index (χ2n) is 4.26. The van der Waals surface area contributed by atoms with Crippen molar-refractivity contribution in [2.45, 2.75) is 6.92 Å². The molecule has 0 saturated carbocycles. The lowest BCUT2D eigenvalue weighted by Crippen LogP contribution is -2.19. The highest BCUT2D eigenvalue weighted by Crippen LogP contribution is 2.19. The van der Waals surface area contributed by atoms with E-state index >= 15 is 0 Å². The zero-order valence-corrected chi connectivity index (χ0v) is 11.2. The van der Waals surface area contributed by atoms with Crippen molar-refractivity contribution in [2.75, 3.05) is 0 Å². The Kier molecular flexibility index (Phi) is 4.35. The smallest absolute Gasteiger partial charge is 0.267 e. The Morgan fingerprint density at radius 3 is 2.90 bits per heavy atom. The predicted octanol–water partition coefficient (Wildman–Crippen LogP) is 2.06. The lowest BCUT2D eigenvalue weighted by molar-refractivity contribution is -0.385. The molecular weight excluding hydrogens is 272 g/mol. The molecule has 2 aromatic rings. The second-order valence-corrected chi connectivity index (χ2v) is 4.26. The number of carbonyl (C=O) groups excluding carboxylic acids is 1. The highest BCUT2D eigenvalue weighted by atomic mass is 16.6. The number of nitrogens with one attached hydrogen (secondary N) is 1. The molecule has 7 heteroatoms. The van der Waals surface area contributed by atoms with Crippen LogP contribution in [0.3, 0.4) is 0 Å². The van der Waals surface area contributed by atoms with Crippen LogP contribution in [-0.2, 0) is 0 Å². The summed E-state index contributed by atoms with van der Waals surface area (Å²) in [6.07, 6.45) is 4.60. The highest BCUT2D eigenvalue weighted by Gasteiger charge is 2.19. The fourth-order valence-electron chi connectivity index (χ4n) is 1.67. The quantitative estimate of drug-likeness (QED) is 0.528. The highest BCUT2D eigenvalue weighted by molar-refractivity contribution is 5.98. The van der Waals surface area contributed by atoms with Crippen molar-refractivity contribution < 1.29 is 9.72 Å². The fourth-order valence-corrected chi connectivity index (χ4v) is 1.67. The summed E-state index contributed by atoms with van der Waals surface area (Å²) in [7, 11) is 0. The molecule has 0 aliphatic rings. The summed E-state index contributed by atoms with van der Waals surface area (Å²) in [5, 5.41) is 14.7. The number of carbonyl (C=O) groups is 1. The molecule has 0 spiro atoms.